The van der Waals surface area contributed by atoms with Crippen molar-refractivity contribution >= 4 is 49.6 Å². The average Bonchev–Trinajstić information content (AvgIpc) is 3.69. The van der Waals surface area contributed by atoms with Crippen LogP contribution in [0.3, 0.4) is 0 Å². The number of fused-ring (bicyclic) bond motifs is 14. The van der Waals surface area contributed by atoms with Crippen molar-refractivity contribution in [1.29, 1.82) is 0 Å². The van der Waals surface area contributed by atoms with Crippen LogP contribution in [0.25, 0.3) is 54.8 Å². The first-order chi connectivity index (χ1) is 24.3. The molecule has 0 saturated heterocycles. The van der Waals surface area contributed by atoms with E-state index in [4.69, 9.17) is 0 Å². The molecule has 0 unspecified atom stereocenters. The number of nitrogens with zero attached hydrogens (tertiary/aromatic N) is 1. The number of H-pyrrole nitrogens is 1. The van der Waals surface area contributed by atoms with E-state index in [1.165, 1.54) is 82.9 Å². The molecule has 9 aromatic rings. The summed E-state index contributed by atoms with van der Waals surface area (Å²) in [7, 11) is 0. The summed E-state index contributed by atoms with van der Waals surface area (Å²) in [4.78, 5) is 6.06. The van der Waals surface area contributed by atoms with Crippen LogP contribution in [0.2, 0.25) is 0 Å². The standard InChI is InChI=1S/C47H30N2/c1-2-13-33(14-3-1)49-44-20-10-7-17-38(44)47(39-18-8-11-21-45(39)49)40-26-23-30-12-4-5-15-34(30)46(40)36-25-22-32(29-41(36)47)31-24-27-43-37(28-31)35-16-6-9-19-42(35)48-43/h1-29,48H. The summed E-state index contributed by atoms with van der Waals surface area (Å²) in [6, 6.07) is 65.2. The summed E-state index contributed by atoms with van der Waals surface area (Å²) in [6.45, 7) is 0. The van der Waals surface area contributed by atoms with Gasteiger partial charge in [0.1, 0.15) is 0 Å². The first kappa shape index (κ1) is 26.7. The van der Waals surface area contributed by atoms with E-state index < -0.39 is 5.41 Å². The molecule has 2 nitrogen and oxygen atoms in total. The number of rotatable bonds is 2. The smallest absolute Gasteiger partial charge is 0.0754 e. The predicted molar refractivity (Wildman–Crippen MR) is 204 cm³/mol. The number of benzene rings is 8. The van der Waals surface area contributed by atoms with Crippen LogP contribution < -0.4 is 4.90 Å². The molecule has 2 heteroatoms. The molecule has 0 bridgehead atoms. The third-order valence-electron chi connectivity index (χ3n) is 11.0. The van der Waals surface area contributed by atoms with Crippen molar-refractivity contribution in [3.05, 3.63) is 198 Å². The second kappa shape index (κ2) is 9.82. The van der Waals surface area contributed by atoms with E-state index in [0.717, 1.165) is 11.2 Å². The molecular weight excluding hydrogens is 593 g/mol. The van der Waals surface area contributed by atoms with Crippen LogP contribution in [0.4, 0.5) is 17.1 Å². The second-order valence-corrected chi connectivity index (χ2v) is 13.4. The highest BCUT2D eigenvalue weighted by Gasteiger charge is 2.52. The lowest BCUT2D eigenvalue weighted by atomic mass is 9.64. The van der Waals surface area contributed by atoms with Crippen LogP contribution >= 0.6 is 0 Å². The number of para-hydroxylation sites is 4. The largest absolute Gasteiger partial charge is 0.355 e. The Morgan fingerprint density at radius 2 is 1.04 bits per heavy atom. The minimum absolute atomic E-state index is 0.506. The van der Waals surface area contributed by atoms with E-state index in [1.54, 1.807) is 0 Å². The van der Waals surface area contributed by atoms with Crippen molar-refractivity contribution in [2.24, 2.45) is 0 Å². The third-order valence-corrected chi connectivity index (χ3v) is 11.0. The van der Waals surface area contributed by atoms with E-state index in [9.17, 15) is 0 Å². The van der Waals surface area contributed by atoms with E-state index in [1.807, 2.05) is 0 Å². The van der Waals surface area contributed by atoms with Gasteiger partial charge in [-0.15, -0.1) is 0 Å². The number of aromatic nitrogens is 1. The molecule has 1 spiro atoms. The summed E-state index contributed by atoms with van der Waals surface area (Å²) in [5, 5.41) is 5.07. The maximum Gasteiger partial charge on any atom is 0.0754 e. The molecule has 0 radical (unpaired) electrons. The highest BCUT2D eigenvalue weighted by atomic mass is 15.2. The zero-order valence-corrected chi connectivity index (χ0v) is 26.7. The van der Waals surface area contributed by atoms with Gasteiger partial charge in [-0.1, -0.05) is 127 Å². The molecule has 0 amide bonds. The van der Waals surface area contributed by atoms with E-state index in [2.05, 4.69) is 186 Å². The molecule has 228 valence electrons. The minimum Gasteiger partial charge on any atom is -0.355 e. The SMILES string of the molecule is c1ccc(N2c3ccccc3C3(c4cc(-c5ccc6[nH]c7ccccc7c6c5)ccc4-c4c3ccc3ccccc43)c3ccccc32)cc1. The van der Waals surface area contributed by atoms with Gasteiger partial charge in [-0.3, -0.25) is 0 Å². The number of hydrogen-bond donors (Lipinski definition) is 1. The molecular formula is C47H30N2. The Morgan fingerprint density at radius 3 is 1.86 bits per heavy atom. The van der Waals surface area contributed by atoms with Gasteiger partial charge in [-0.05, 0) is 104 Å². The van der Waals surface area contributed by atoms with Gasteiger partial charge < -0.3 is 9.88 Å². The number of nitrogens with one attached hydrogen (secondary N) is 1. The summed E-state index contributed by atoms with van der Waals surface area (Å²) >= 11 is 0. The molecule has 0 atom stereocenters. The van der Waals surface area contributed by atoms with Crippen molar-refractivity contribution in [3.8, 4) is 22.3 Å². The average molecular weight is 623 g/mol. The predicted octanol–water partition coefficient (Wildman–Crippen LogP) is 12.3. The van der Waals surface area contributed by atoms with Crippen molar-refractivity contribution in [3.63, 3.8) is 0 Å². The zero-order valence-electron chi connectivity index (χ0n) is 26.7. The Labute approximate surface area is 284 Å². The Morgan fingerprint density at radius 1 is 0.408 bits per heavy atom. The molecule has 2 heterocycles. The molecule has 8 aromatic carbocycles. The number of aromatic amines is 1. The second-order valence-electron chi connectivity index (χ2n) is 13.4. The van der Waals surface area contributed by atoms with E-state index in [0.29, 0.717) is 0 Å². The monoisotopic (exact) mass is 622 g/mol. The molecule has 2 aliphatic rings. The molecule has 1 aliphatic heterocycles. The van der Waals surface area contributed by atoms with Crippen LogP contribution in [0.1, 0.15) is 22.3 Å². The lowest BCUT2D eigenvalue weighted by molar-refractivity contribution is 0.753. The normalized spacial score (nSPS) is 13.8. The van der Waals surface area contributed by atoms with Crippen molar-refractivity contribution in [2.45, 2.75) is 5.41 Å². The van der Waals surface area contributed by atoms with Crippen LogP contribution in [0.15, 0.2) is 176 Å². The lowest BCUT2D eigenvalue weighted by Gasteiger charge is -2.45. The van der Waals surface area contributed by atoms with E-state index >= 15 is 0 Å². The van der Waals surface area contributed by atoms with Gasteiger partial charge in [0.05, 0.1) is 16.8 Å². The van der Waals surface area contributed by atoms with Crippen molar-refractivity contribution < 1.29 is 0 Å². The Bertz CT molecular complexity index is 2740. The van der Waals surface area contributed by atoms with Crippen LogP contribution in [-0.4, -0.2) is 4.98 Å². The molecule has 1 aromatic heterocycles. The highest BCUT2D eigenvalue weighted by molar-refractivity contribution is 6.09. The van der Waals surface area contributed by atoms with Gasteiger partial charge in [0.2, 0.25) is 0 Å². The fraction of sp³-hybridized carbons (Fsp3) is 0.0213. The number of anilines is 3. The summed E-state index contributed by atoms with van der Waals surface area (Å²) in [5.74, 6) is 0. The van der Waals surface area contributed by atoms with E-state index in [-0.39, 0.29) is 0 Å². The van der Waals surface area contributed by atoms with Crippen molar-refractivity contribution in [1.82, 2.24) is 4.98 Å². The first-order valence-electron chi connectivity index (χ1n) is 17.0. The van der Waals surface area contributed by atoms with Crippen LogP contribution in [0, 0.1) is 0 Å². The first-order valence-corrected chi connectivity index (χ1v) is 17.0. The van der Waals surface area contributed by atoms with Gasteiger partial charge in [-0.25, -0.2) is 0 Å². The summed E-state index contributed by atoms with van der Waals surface area (Å²) in [6.07, 6.45) is 0. The fourth-order valence-electron chi connectivity index (χ4n) is 8.98. The highest BCUT2D eigenvalue weighted by Crippen LogP contribution is 2.64. The van der Waals surface area contributed by atoms with Gasteiger partial charge in [0.25, 0.3) is 0 Å². The van der Waals surface area contributed by atoms with Gasteiger partial charge in [0.15, 0.2) is 0 Å². The fourth-order valence-corrected chi connectivity index (χ4v) is 8.98. The van der Waals surface area contributed by atoms with Crippen LogP contribution in [0.5, 0.6) is 0 Å². The Kier molecular flexibility index (Phi) is 5.34. The van der Waals surface area contributed by atoms with Crippen LogP contribution in [-0.2, 0) is 5.41 Å². The quantitative estimate of drug-likeness (QED) is 0.203. The Balaban J connectivity index is 1.25. The minimum atomic E-state index is -0.506. The maximum absolute atomic E-state index is 3.61. The lowest BCUT2D eigenvalue weighted by Crippen LogP contribution is -2.36. The van der Waals surface area contributed by atoms with Gasteiger partial charge >= 0.3 is 0 Å². The topological polar surface area (TPSA) is 19.0 Å². The summed E-state index contributed by atoms with van der Waals surface area (Å²) in [5.41, 5.74) is 15.8. The maximum atomic E-state index is 3.61. The molecule has 1 aliphatic carbocycles. The summed E-state index contributed by atoms with van der Waals surface area (Å²) < 4.78 is 0. The van der Waals surface area contributed by atoms with Crippen molar-refractivity contribution in [2.75, 3.05) is 4.90 Å². The molecule has 11 rings (SSSR count). The van der Waals surface area contributed by atoms with Gasteiger partial charge in [-0.2, -0.15) is 0 Å². The third kappa shape index (κ3) is 3.50. The molecule has 1 N–H and O–H groups in total. The molecule has 49 heavy (non-hydrogen) atoms. The zero-order chi connectivity index (χ0) is 32.1. The Hall–Kier alpha value is -6.38. The number of hydrogen-bond acceptors (Lipinski definition) is 1. The van der Waals surface area contributed by atoms with Gasteiger partial charge in [0, 0.05) is 27.5 Å². The molecule has 0 fully saturated rings. The molecule has 0 saturated carbocycles.